The maximum absolute atomic E-state index is 4.63. The van der Waals surface area contributed by atoms with Gasteiger partial charge in [0.25, 0.3) is 0 Å². The summed E-state index contributed by atoms with van der Waals surface area (Å²) in [5, 5.41) is 7.99. The number of aromatic nitrogens is 3. The Kier molecular flexibility index (Phi) is 2.02. The molecule has 1 aliphatic heterocycles. The molecule has 4 heteroatoms. The fraction of sp³-hybridized carbons (Fsp3) is 0.385. The molecule has 2 heterocycles. The van der Waals surface area contributed by atoms with Crippen LogP contribution in [0.3, 0.4) is 0 Å². The van der Waals surface area contributed by atoms with Crippen molar-refractivity contribution in [2.45, 2.75) is 32.7 Å². The molecule has 0 amide bonds. The van der Waals surface area contributed by atoms with E-state index in [1.165, 1.54) is 0 Å². The molecule has 0 saturated heterocycles. The first kappa shape index (κ1) is 10.3. The average Bonchev–Trinajstić information content (AvgIpc) is 2.72. The van der Waals surface area contributed by atoms with Crippen LogP contribution < -0.4 is 5.32 Å². The predicted molar refractivity (Wildman–Crippen MR) is 67.4 cm³/mol. The van der Waals surface area contributed by atoms with Gasteiger partial charge in [0.2, 0.25) is 0 Å². The molecule has 0 saturated carbocycles. The van der Waals surface area contributed by atoms with Crippen LogP contribution in [0.25, 0.3) is 5.69 Å². The third-order valence-electron chi connectivity index (χ3n) is 2.91. The molecule has 0 radical (unpaired) electrons. The molecule has 0 spiro atoms. The van der Waals surface area contributed by atoms with E-state index >= 15 is 0 Å². The highest BCUT2D eigenvalue weighted by Crippen LogP contribution is 2.27. The molecule has 2 aromatic rings. The number of nitrogens with one attached hydrogen (secondary N) is 1. The fourth-order valence-electron chi connectivity index (χ4n) is 1.95. The minimum atomic E-state index is -0.0146. The lowest BCUT2D eigenvalue weighted by Gasteiger charge is -2.17. The molecule has 1 aliphatic rings. The Hall–Kier alpha value is -1.84. The van der Waals surface area contributed by atoms with Crippen LogP contribution >= 0.6 is 0 Å². The van der Waals surface area contributed by atoms with Gasteiger partial charge in [-0.2, -0.15) is 5.10 Å². The van der Waals surface area contributed by atoms with Crippen LogP contribution in [0, 0.1) is 0 Å². The lowest BCUT2D eigenvalue weighted by atomic mass is 9.96. The van der Waals surface area contributed by atoms with E-state index in [0.717, 1.165) is 29.6 Å². The number of nitrogens with zero attached hydrogens (tertiary/aromatic N) is 3. The molecule has 0 bridgehead atoms. The Bertz CT molecular complexity index is 563. The van der Waals surface area contributed by atoms with Gasteiger partial charge in [0, 0.05) is 5.41 Å². The van der Waals surface area contributed by atoms with Crippen molar-refractivity contribution in [3.63, 3.8) is 0 Å². The summed E-state index contributed by atoms with van der Waals surface area (Å²) in [5.74, 6) is 1.87. The van der Waals surface area contributed by atoms with Crippen LogP contribution in [0.2, 0.25) is 0 Å². The van der Waals surface area contributed by atoms with Gasteiger partial charge < -0.3 is 5.32 Å². The Morgan fingerprint density at radius 2 is 2.00 bits per heavy atom. The summed E-state index contributed by atoms with van der Waals surface area (Å²) in [6.45, 7) is 7.13. The standard InChI is InChI=1S/C13H16N4/c1-13(2,3)12-15-11-8-14-9-6-4-5-7-10(9)17(11)16-12/h4-7,14H,8H2,1-3H3. The molecule has 0 unspecified atom stereocenters. The molecular weight excluding hydrogens is 212 g/mol. The Balaban J connectivity index is 2.17. The number of fused-ring (bicyclic) bond motifs is 3. The molecular formula is C13H16N4. The van der Waals surface area contributed by atoms with Gasteiger partial charge in [0.1, 0.15) is 0 Å². The quantitative estimate of drug-likeness (QED) is 0.753. The first-order chi connectivity index (χ1) is 8.05. The summed E-state index contributed by atoms with van der Waals surface area (Å²) in [5.41, 5.74) is 2.18. The third kappa shape index (κ3) is 1.60. The molecule has 0 aliphatic carbocycles. The zero-order chi connectivity index (χ0) is 12.0. The van der Waals surface area contributed by atoms with Crippen molar-refractivity contribution in [3.05, 3.63) is 35.9 Å². The molecule has 1 aromatic heterocycles. The molecule has 1 N–H and O–H groups in total. The van der Waals surface area contributed by atoms with Crippen LogP contribution in [0.5, 0.6) is 0 Å². The summed E-state index contributed by atoms with van der Waals surface area (Å²) >= 11 is 0. The zero-order valence-corrected chi connectivity index (χ0v) is 10.4. The highest BCUT2D eigenvalue weighted by molar-refractivity contribution is 5.62. The molecule has 88 valence electrons. The van der Waals surface area contributed by atoms with Crippen molar-refractivity contribution in [1.82, 2.24) is 14.8 Å². The Morgan fingerprint density at radius 1 is 1.24 bits per heavy atom. The van der Waals surface area contributed by atoms with Crippen molar-refractivity contribution in [3.8, 4) is 5.69 Å². The van der Waals surface area contributed by atoms with Gasteiger partial charge in [-0.05, 0) is 12.1 Å². The number of anilines is 1. The minimum absolute atomic E-state index is 0.0146. The van der Waals surface area contributed by atoms with Gasteiger partial charge in [-0.25, -0.2) is 9.67 Å². The van der Waals surface area contributed by atoms with E-state index in [1.54, 1.807) is 0 Å². The summed E-state index contributed by atoms with van der Waals surface area (Å²) in [4.78, 5) is 4.61. The maximum Gasteiger partial charge on any atom is 0.156 e. The molecule has 17 heavy (non-hydrogen) atoms. The van der Waals surface area contributed by atoms with Crippen LogP contribution in [-0.4, -0.2) is 14.8 Å². The second-order valence-electron chi connectivity index (χ2n) is 5.38. The number of hydrogen-bond acceptors (Lipinski definition) is 3. The van der Waals surface area contributed by atoms with Gasteiger partial charge in [-0.3, -0.25) is 0 Å². The van der Waals surface area contributed by atoms with Gasteiger partial charge in [-0.15, -0.1) is 0 Å². The van der Waals surface area contributed by atoms with Crippen molar-refractivity contribution in [2.24, 2.45) is 0 Å². The maximum atomic E-state index is 4.63. The van der Waals surface area contributed by atoms with Crippen LogP contribution in [0.4, 0.5) is 5.69 Å². The number of benzene rings is 1. The Morgan fingerprint density at radius 3 is 2.76 bits per heavy atom. The van der Waals surface area contributed by atoms with E-state index in [0.29, 0.717) is 0 Å². The van der Waals surface area contributed by atoms with Gasteiger partial charge in [0.15, 0.2) is 11.6 Å². The molecule has 3 rings (SSSR count). The summed E-state index contributed by atoms with van der Waals surface area (Å²) in [6, 6.07) is 8.18. The van der Waals surface area contributed by atoms with E-state index in [9.17, 15) is 0 Å². The van der Waals surface area contributed by atoms with E-state index in [-0.39, 0.29) is 5.41 Å². The van der Waals surface area contributed by atoms with E-state index in [1.807, 2.05) is 16.8 Å². The highest BCUT2D eigenvalue weighted by Gasteiger charge is 2.24. The van der Waals surface area contributed by atoms with Gasteiger partial charge in [0.05, 0.1) is 17.9 Å². The minimum Gasteiger partial charge on any atom is -0.376 e. The molecule has 1 aromatic carbocycles. The van der Waals surface area contributed by atoms with Crippen LogP contribution in [-0.2, 0) is 12.0 Å². The number of rotatable bonds is 0. The third-order valence-corrected chi connectivity index (χ3v) is 2.91. The van der Waals surface area contributed by atoms with Crippen molar-refractivity contribution >= 4 is 5.69 Å². The number of para-hydroxylation sites is 2. The second kappa shape index (κ2) is 3.32. The summed E-state index contributed by atoms with van der Waals surface area (Å²) < 4.78 is 1.95. The normalized spacial score (nSPS) is 13.8. The summed E-state index contributed by atoms with van der Waals surface area (Å²) in [7, 11) is 0. The first-order valence-electron chi connectivity index (χ1n) is 5.85. The van der Waals surface area contributed by atoms with Crippen molar-refractivity contribution in [2.75, 3.05) is 5.32 Å². The fourth-order valence-corrected chi connectivity index (χ4v) is 1.95. The van der Waals surface area contributed by atoms with E-state index in [2.05, 4.69) is 48.3 Å². The lowest BCUT2D eigenvalue weighted by Crippen LogP contribution is -2.16. The zero-order valence-electron chi connectivity index (χ0n) is 10.4. The SMILES string of the molecule is CC(C)(C)c1nc2n(n1)-c1ccccc1NC2. The van der Waals surface area contributed by atoms with Gasteiger partial charge >= 0.3 is 0 Å². The van der Waals surface area contributed by atoms with Crippen molar-refractivity contribution in [1.29, 1.82) is 0 Å². The van der Waals surface area contributed by atoms with E-state index < -0.39 is 0 Å². The second-order valence-corrected chi connectivity index (χ2v) is 5.38. The number of hydrogen-bond donors (Lipinski definition) is 1. The van der Waals surface area contributed by atoms with E-state index in [4.69, 9.17) is 0 Å². The first-order valence-corrected chi connectivity index (χ1v) is 5.85. The topological polar surface area (TPSA) is 42.7 Å². The monoisotopic (exact) mass is 228 g/mol. The average molecular weight is 228 g/mol. The smallest absolute Gasteiger partial charge is 0.156 e. The lowest BCUT2D eigenvalue weighted by molar-refractivity contribution is 0.544. The molecule has 4 nitrogen and oxygen atoms in total. The summed E-state index contributed by atoms with van der Waals surface area (Å²) in [6.07, 6.45) is 0. The Labute approximate surface area is 101 Å². The van der Waals surface area contributed by atoms with Crippen molar-refractivity contribution < 1.29 is 0 Å². The van der Waals surface area contributed by atoms with Crippen LogP contribution in [0.1, 0.15) is 32.4 Å². The van der Waals surface area contributed by atoms with Gasteiger partial charge in [-0.1, -0.05) is 32.9 Å². The largest absolute Gasteiger partial charge is 0.376 e. The molecule has 0 fully saturated rings. The van der Waals surface area contributed by atoms with Crippen LogP contribution in [0.15, 0.2) is 24.3 Å². The molecule has 0 atom stereocenters. The highest BCUT2D eigenvalue weighted by atomic mass is 15.4. The predicted octanol–water partition coefficient (Wildman–Crippen LogP) is 2.49.